The maximum Gasteiger partial charge on any atom is 0.407 e. The van der Waals surface area contributed by atoms with E-state index in [0.29, 0.717) is 12.3 Å². The SMILES string of the molecule is CC(C)(C)OC(=O)NC1Cc2ccccc2-n2c(nnc2[C@H]2CC[C@H](Oc3ccccn3)CC2)C1F. The van der Waals surface area contributed by atoms with Crippen LogP contribution in [-0.4, -0.2) is 43.6 Å². The van der Waals surface area contributed by atoms with E-state index in [4.69, 9.17) is 9.47 Å². The van der Waals surface area contributed by atoms with E-state index in [1.165, 1.54) is 0 Å². The van der Waals surface area contributed by atoms with Crippen molar-refractivity contribution in [2.24, 2.45) is 0 Å². The molecule has 2 aromatic heterocycles. The summed E-state index contributed by atoms with van der Waals surface area (Å²) in [4.78, 5) is 16.7. The van der Waals surface area contributed by atoms with Gasteiger partial charge in [0.25, 0.3) is 0 Å². The Kier molecular flexibility index (Phi) is 6.64. The van der Waals surface area contributed by atoms with Gasteiger partial charge >= 0.3 is 6.09 Å². The number of pyridine rings is 1. The zero-order chi connectivity index (χ0) is 25.3. The van der Waals surface area contributed by atoms with Crippen LogP contribution < -0.4 is 10.1 Å². The molecule has 36 heavy (non-hydrogen) atoms. The third-order valence-electron chi connectivity index (χ3n) is 6.65. The van der Waals surface area contributed by atoms with Crippen molar-refractivity contribution < 1.29 is 18.7 Å². The number of hydrogen-bond acceptors (Lipinski definition) is 6. The van der Waals surface area contributed by atoms with E-state index in [1.54, 1.807) is 27.0 Å². The highest BCUT2D eigenvalue weighted by atomic mass is 19.1. The lowest BCUT2D eigenvalue weighted by Crippen LogP contribution is -2.42. The summed E-state index contributed by atoms with van der Waals surface area (Å²) in [6, 6.07) is 12.6. The molecule has 1 aliphatic carbocycles. The number of alkyl halides is 1. The number of alkyl carbamates (subject to hydrolysis) is 1. The topological polar surface area (TPSA) is 91.2 Å². The predicted octanol–water partition coefficient (Wildman–Crippen LogP) is 5.23. The van der Waals surface area contributed by atoms with Gasteiger partial charge in [-0.1, -0.05) is 24.3 Å². The highest BCUT2D eigenvalue weighted by Crippen LogP contribution is 2.39. The number of nitrogens with zero attached hydrogens (tertiary/aromatic N) is 4. The van der Waals surface area contributed by atoms with Crippen LogP contribution in [-0.2, 0) is 11.2 Å². The summed E-state index contributed by atoms with van der Waals surface area (Å²) >= 11 is 0. The first kappa shape index (κ1) is 24.2. The maximum atomic E-state index is 15.9. The number of ether oxygens (including phenoxy) is 2. The Balaban J connectivity index is 1.38. The van der Waals surface area contributed by atoms with E-state index in [0.717, 1.165) is 42.8 Å². The van der Waals surface area contributed by atoms with Crippen LogP contribution in [0.1, 0.15) is 75.8 Å². The van der Waals surface area contributed by atoms with Gasteiger partial charge in [-0.15, -0.1) is 10.2 Å². The van der Waals surface area contributed by atoms with E-state index in [2.05, 4.69) is 20.5 Å². The Labute approximate surface area is 210 Å². The van der Waals surface area contributed by atoms with Crippen LogP contribution in [0.25, 0.3) is 5.69 Å². The van der Waals surface area contributed by atoms with Crippen LogP contribution in [0.2, 0.25) is 0 Å². The number of amides is 1. The van der Waals surface area contributed by atoms with Crippen molar-refractivity contribution in [2.45, 2.75) is 82.7 Å². The molecule has 2 unspecified atom stereocenters. The van der Waals surface area contributed by atoms with Gasteiger partial charge in [-0.2, -0.15) is 0 Å². The summed E-state index contributed by atoms with van der Waals surface area (Å²) in [5.41, 5.74) is 1.11. The minimum atomic E-state index is -1.53. The molecule has 1 aliphatic heterocycles. The number of carbonyl (C=O) groups excluding carboxylic acids is 1. The summed E-state index contributed by atoms with van der Waals surface area (Å²) in [6.07, 6.45) is 3.38. The second kappa shape index (κ2) is 9.87. The number of benzene rings is 1. The second-order valence-corrected chi connectivity index (χ2v) is 10.5. The van der Waals surface area contributed by atoms with Gasteiger partial charge < -0.3 is 14.8 Å². The van der Waals surface area contributed by atoms with Crippen molar-refractivity contribution in [3.05, 3.63) is 65.9 Å². The van der Waals surface area contributed by atoms with Gasteiger partial charge in [0, 0.05) is 18.2 Å². The van der Waals surface area contributed by atoms with E-state index in [9.17, 15) is 4.79 Å². The molecule has 3 heterocycles. The molecule has 2 atom stereocenters. The Morgan fingerprint density at radius 2 is 1.75 bits per heavy atom. The molecule has 1 fully saturated rings. The summed E-state index contributed by atoms with van der Waals surface area (Å²) in [6.45, 7) is 5.34. The van der Waals surface area contributed by atoms with E-state index < -0.39 is 23.9 Å². The smallest absolute Gasteiger partial charge is 0.407 e. The highest BCUT2D eigenvalue weighted by Gasteiger charge is 2.38. The quantitative estimate of drug-likeness (QED) is 0.535. The first-order chi connectivity index (χ1) is 17.3. The summed E-state index contributed by atoms with van der Waals surface area (Å²) in [7, 11) is 0. The number of aromatic nitrogens is 4. The minimum Gasteiger partial charge on any atom is -0.474 e. The summed E-state index contributed by atoms with van der Waals surface area (Å²) < 4.78 is 29.2. The molecule has 9 heteroatoms. The third-order valence-corrected chi connectivity index (χ3v) is 6.65. The average Bonchev–Trinajstić information content (AvgIpc) is 3.24. The summed E-state index contributed by atoms with van der Waals surface area (Å²) in [5, 5.41) is 11.5. The van der Waals surface area contributed by atoms with E-state index in [1.807, 2.05) is 47.0 Å². The van der Waals surface area contributed by atoms with Crippen LogP contribution in [0.5, 0.6) is 5.88 Å². The van der Waals surface area contributed by atoms with Gasteiger partial charge in [0.15, 0.2) is 12.0 Å². The first-order valence-corrected chi connectivity index (χ1v) is 12.5. The summed E-state index contributed by atoms with van der Waals surface area (Å²) in [5.74, 6) is 1.73. The molecule has 5 rings (SSSR count). The van der Waals surface area contributed by atoms with Gasteiger partial charge in [-0.3, -0.25) is 4.57 Å². The molecular weight excluding hydrogens is 461 g/mol. The molecular formula is C27H32FN5O3. The average molecular weight is 494 g/mol. The van der Waals surface area contributed by atoms with Crippen molar-refractivity contribution in [3.8, 4) is 11.6 Å². The third kappa shape index (κ3) is 5.20. The molecule has 2 aliphatic rings. The van der Waals surface area contributed by atoms with E-state index in [-0.39, 0.29) is 17.8 Å². The number of nitrogens with one attached hydrogen (secondary N) is 1. The van der Waals surface area contributed by atoms with Crippen molar-refractivity contribution in [1.29, 1.82) is 0 Å². The van der Waals surface area contributed by atoms with Crippen LogP contribution >= 0.6 is 0 Å². The molecule has 190 valence electrons. The van der Waals surface area contributed by atoms with Gasteiger partial charge in [-0.05, 0) is 70.6 Å². The Morgan fingerprint density at radius 3 is 2.47 bits per heavy atom. The van der Waals surface area contributed by atoms with E-state index >= 15 is 4.39 Å². The number of rotatable bonds is 4. The van der Waals surface area contributed by atoms with Crippen molar-refractivity contribution in [3.63, 3.8) is 0 Å². The number of fused-ring (bicyclic) bond motifs is 3. The van der Waals surface area contributed by atoms with Crippen molar-refractivity contribution >= 4 is 6.09 Å². The largest absolute Gasteiger partial charge is 0.474 e. The molecule has 1 aromatic carbocycles. The number of hydrogen-bond donors (Lipinski definition) is 1. The van der Waals surface area contributed by atoms with Gasteiger partial charge in [0.2, 0.25) is 5.88 Å². The molecule has 1 amide bonds. The lowest BCUT2D eigenvalue weighted by molar-refractivity contribution is 0.0471. The van der Waals surface area contributed by atoms with Crippen LogP contribution in [0.4, 0.5) is 9.18 Å². The molecule has 8 nitrogen and oxygen atoms in total. The Morgan fingerprint density at radius 1 is 1.03 bits per heavy atom. The molecule has 0 bridgehead atoms. The first-order valence-electron chi connectivity index (χ1n) is 12.5. The maximum absolute atomic E-state index is 15.9. The molecule has 3 aromatic rings. The Hall–Kier alpha value is -3.49. The zero-order valence-corrected chi connectivity index (χ0v) is 20.9. The normalized spacial score (nSPS) is 23.7. The second-order valence-electron chi connectivity index (χ2n) is 10.5. The van der Waals surface area contributed by atoms with Gasteiger partial charge in [0.1, 0.15) is 17.5 Å². The zero-order valence-electron chi connectivity index (χ0n) is 20.9. The number of carbonyl (C=O) groups is 1. The predicted molar refractivity (Wildman–Crippen MR) is 132 cm³/mol. The minimum absolute atomic E-state index is 0.0892. The van der Waals surface area contributed by atoms with Crippen LogP contribution in [0, 0.1) is 0 Å². The molecule has 0 spiro atoms. The molecule has 1 saturated carbocycles. The van der Waals surface area contributed by atoms with Crippen molar-refractivity contribution in [1.82, 2.24) is 25.1 Å². The van der Waals surface area contributed by atoms with Crippen LogP contribution in [0.3, 0.4) is 0 Å². The lowest BCUT2D eigenvalue weighted by atomic mass is 9.86. The fraction of sp³-hybridized carbons (Fsp3) is 0.481. The fourth-order valence-corrected chi connectivity index (χ4v) is 5.03. The highest BCUT2D eigenvalue weighted by molar-refractivity contribution is 5.68. The number of para-hydroxylation sites is 1. The molecule has 0 radical (unpaired) electrons. The monoisotopic (exact) mass is 493 g/mol. The standard InChI is InChI=1S/C27H32FN5O3/c1-27(2,3)36-26(34)30-20-16-18-8-4-5-9-21(18)33-24(31-32-25(33)23(20)28)17-11-13-19(14-12-17)35-22-10-6-7-15-29-22/h4-10,15,17,19-20,23H,11-14,16H2,1-3H3,(H,30,34)/t17-,19-,20?,23?. The van der Waals surface area contributed by atoms with Crippen LogP contribution in [0.15, 0.2) is 48.7 Å². The fourth-order valence-electron chi connectivity index (χ4n) is 5.03. The van der Waals surface area contributed by atoms with Gasteiger partial charge in [-0.25, -0.2) is 14.2 Å². The van der Waals surface area contributed by atoms with Gasteiger partial charge in [0.05, 0.1) is 11.7 Å². The Bertz CT molecular complexity index is 1200. The van der Waals surface area contributed by atoms with Crippen molar-refractivity contribution in [2.75, 3.05) is 0 Å². The molecule has 0 saturated heterocycles. The lowest BCUT2D eigenvalue weighted by Gasteiger charge is -2.28. The number of halogens is 1. The molecule has 1 N–H and O–H groups in total.